The first-order valence-corrected chi connectivity index (χ1v) is 9.22. The molecule has 0 atom stereocenters. The zero-order valence-corrected chi connectivity index (χ0v) is 16.3. The number of thiazole rings is 1. The molecule has 1 heterocycles. The van der Waals surface area contributed by atoms with Crippen LogP contribution in [0.15, 0.2) is 41.8 Å². The minimum absolute atomic E-state index is 0.0444. The van der Waals surface area contributed by atoms with Crippen molar-refractivity contribution in [3.63, 3.8) is 0 Å². The number of ether oxygens (including phenoxy) is 2. The number of nitrogens with zero attached hydrogens (tertiary/aromatic N) is 1. The van der Waals surface area contributed by atoms with Crippen molar-refractivity contribution in [1.82, 2.24) is 4.98 Å². The number of hydrogen-bond donors (Lipinski definition) is 1. The quantitative estimate of drug-likeness (QED) is 0.607. The van der Waals surface area contributed by atoms with Crippen LogP contribution in [0.4, 0.5) is 13.9 Å². The Morgan fingerprint density at radius 3 is 2.57 bits per heavy atom. The predicted octanol–water partition coefficient (Wildman–Crippen LogP) is 5.29. The monoisotopic (exact) mass is 404 g/mol. The van der Waals surface area contributed by atoms with Gasteiger partial charge in [-0.05, 0) is 49.2 Å². The third-order valence-electron chi connectivity index (χ3n) is 4.17. The van der Waals surface area contributed by atoms with Gasteiger partial charge in [0, 0.05) is 16.5 Å². The van der Waals surface area contributed by atoms with E-state index in [2.05, 4.69) is 15.0 Å². The Balaban J connectivity index is 1.76. The van der Waals surface area contributed by atoms with Crippen molar-refractivity contribution < 1.29 is 23.0 Å². The van der Waals surface area contributed by atoms with E-state index in [1.54, 1.807) is 0 Å². The lowest BCUT2D eigenvalue weighted by atomic mass is 10.1. The summed E-state index contributed by atoms with van der Waals surface area (Å²) in [6.45, 7) is 1.09. The van der Waals surface area contributed by atoms with Crippen LogP contribution in [-0.2, 0) is 0 Å². The Hall–Kier alpha value is -3.00. The first-order valence-electron chi connectivity index (χ1n) is 8.34. The van der Waals surface area contributed by atoms with Gasteiger partial charge in [0.15, 0.2) is 16.6 Å². The Morgan fingerprint density at radius 2 is 1.89 bits per heavy atom. The number of carbonyl (C=O) groups is 1. The minimum Gasteiger partial charge on any atom is -0.493 e. The Kier molecular flexibility index (Phi) is 5.89. The van der Waals surface area contributed by atoms with Crippen LogP contribution in [0.5, 0.6) is 11.5 Å². The van der Waals surface area contributed by atoms with Gasteiger partial charge in [-0.15, -0.1) is 11.3 Å². The van der Waals surface area contributed by atoms with Gasteiger partial charge in [0.25, 0.3) is 5.91 Å². The summed E-state index contributed by atoms with van der Waals surface area (Å²) in [5.41, 5.74) is 4.33. The van der Waals surface area contributed by atoms with E-state index in [9.17, 15) is 13.6 Å². The lowest BCUT2D eigenvalue weighted by molar-refractivity contribution is -0.0512. The van der Waals surface area contributed by atoms with Gasteiger partial charge >= 0.3 is 6.61 Å². The molecule has 8 heteroatoms. The number of methoxy groups -OCH3 is 1. The molecule has 0 bridgehead atoms. The van der Waals surface area contributed by atoms with Gasteiger partial charge in [0.2, 0.25) is 0 Å². The van der Waals surface area contributed by atoms with Crippen LogP contribution in [0, 0.1) is 13.8 Å². The van der Waals surface area contributed by atoms with Crippen molar-refractivity contribution >= 4 is 22.4 Å². The third kappa shape index (κ3) is 4.45. The summed E-state index contributed by atoms with van der Waals surface area (Å²) in [6, 6.07) is 10.0. The number of anilines is 1. The number of carbonyl (C=O) groups excluding carboxylic acids is 1. The third-order valence-corrected chi connectivity index (χ3v) is 4.93. The van der Waals surface area contributed by atoms with E-state index in [1.165, 1.54) is 42.2 Å². The first kappa shape index (κ1) is 19.8. The molecule has 0 unspecified atom stereocenters. The SMILES string of the molecule is COc1cc(C(=O)Nc2nc(-c3ccc(C)c(C)c3)cs2)ccc1OC(F)F. The van der Waals surface area contributed by atoms with Crippen molar-refractivity contribution in [2.75, 3.05) is 12.4 Å². The number of aryl methyl sites for hydroxylation is 2. The summed E-state index contributed by atoms with van der Waals surface area (Å²) in [4.78, 5) is 16.9. The van der Waals surface area contributed by atoms with E-state index in [1.807, 2.05) is 37.4 Å². The Morgan fingerprint density at radius 1 is 1.11 bits per heavy atom. The molecule has 0 saturated carbocycles. The van der Waals surface area contributed by atoms with Crippen molar-refractivity contribution in [2.24, 2.45) is 0 Å². The average Bonchev–Trinajstić information content (AvgIpc) is 3.12. The second kappa shape index (κ2) is 8.35. The van der Waals surface area contributed by atoms with Gasteiger partial charge in [-0.1, -0.05) is 12.1 Å². The number of amides is 1. The highest BCUT2D eigenvalue weighted by molar-refractivity contribution is 7.14. The Labute approximate surface area is 164 Å². The molecule has 1 amide bonds. The van der Waals surface area contributed by atoms with Crippen LogP contribution in [-0.4, -0.2) is 24.6 Å². The molecule has 5 nitrogen and oxygen atoms in total. The predicted molar refractivity (Wildman–Crippen MR) is 105 cm³/mol. The van der Waals surface area contributed by atoms with E-state index >= 15 is 0 Å². The van der Waals surface area contributed by atoms with Crippen LogP contribution < -0.4 is 14.8 Å². The maximum atomic E-state index is 12.5. The number of halogens is 2. The summed E-state index contributed by atoms with van der Waals surface area (Å²) in [5.74, 6) is -0.522. The number of hydrogen-bond acceptors (Lipinski definition) is 5. The number of aromatic nitrogens is 1. The van der Waals surface area contributed by atoms with Crippen LogP contribution in [0.3, 0.4) is 0 Å². The maximum Gasteiger partial charge on any atom is 0.387 e. The second-order valence-electron chi connectivity index (χ2n) is 6.04. The largest absolute Gasteiger partial charge is 0.493 e. The lowest BCUT2D eigenvalue weighted by Crippen LogP contribution is -2.12. The van der Waals surface area contributed by atoms with E-state index in [4.69, 9.17) is 4.74 Å². The topological polar surface area (TPSA) is 60.5 Å². The van der Waals surface area contributed by atoms with E-state index in [0.717, 1.165) is 16.8 Å². The number of nitrogens with one attached hydrogen (secondary N) is 1. The summed E-state index contributed by atoms with van der Waals surface area (Å²) in [5, 5.41) is 5.01. The standard InChI is InChI=1S/C20H18F2N2O3S/c1-11-4-5-13(8-12(11)2)15-10-28-20(23-15)24-18(25)14-6-7-16(27-19(21)22)17(9-14)26-3/h4-10,19H,1-3H3,(H,23,24,25). The van der Waals surface area contributed by atoms with E-state index in [-0.39, 0.29) is 17.1 Å². The van der Waals surface area contributed by atoms with Crippen LogP contribution in [0.2, 0.25) is 0 Å². The van der Waals surface area contributed by atoms with Crippen molar-refractivity contribution in [3.05, 3.63) is 58.5 Å². The zero-order chi connectivity index (χ0) is 20.3. The van der Waals surface area contributed by atoms with Gasteiger partial charge in [-0.3, -0.25) is 10.1 Å². The molecule has 3 rings (SSSR count). The van der Waals surface area contributed by atoms with Crippen molar-refractivity contribution in [2.45, 2.75) is 20.5 Å². The molecular formula is C20H18F2N2O3S. The summed E-state index contributed by atoms with van der Waals surface area (Å²) < 4.78 is 34.2. The molecule has 0 spiro atoms. The van der Waals surface area contributed by atoms with Crippen LogP contribution >= 0.6 is 11.3 Å². The fourth-order valence-corrected chi connectivity index (χ4v) is 3.25. The lowest BCUT2D eigenvalue weighted by Gasteiger charge is -2.11. The highest BCUT2D eigenvalue weighted by Gasteiger charge is 2.15. The smallest absolute Gasteiger partial charge is 0.387 e. The average molecular weight is 404 g/mol. The number of alkyl halides is 2. The van der Waals surface area contributed by atoms with Crippen molar-refractivity contribution in [1.29, 1.82) is 0 Å². The highest BCUT2D eigenvalue weighted by Crippen LogP contribution is 2.30. The molecule has 0 radical (unpaired) electrons. The molecule has 0 fully saturated rings. The molecule has 146 valence electrons. The molecule has 0 aliphatic rings. The molecule has 28 heavy (non-hydrogen) atoms. The van der Waals surface area contributed by atoms with E-state index < -0.39 is 12.5 Å². The fourth-order valence-electron chi connectivity index (χ4n) is 2.54. The second-order valence-corrected chi connectivity index (χ2v) is 6.89. The molecular weight excluding hydrogens is 386 g/mol. The van der Waals surface area contributed by atoms with Crippen LogP contribution in [0.25, 0.3) is 11.3 Å². The number of rotatable bonds is 6. The Bertz CT molecular complexity index is 1000. The minimum atomic E-state index is -2.98. The molecule has 2 aromatic carbocycles. The molecule has 0 saturated heterocycles. The van der Waals surface area contributed by atoms with Gasteiger partial charge in [0.05, 0.1) is 12.8 Å². The highest BCUT2D eigenvalue weighted by atomic mass is 32.1. The summed E-state index contributed by atoms with van der Waals surface area (Å²) in [7, 11) is 1.31. The van der Waals surface area contributed by atoms with Gasteiger partial charge in [0.1, 0.15) is 0 Å². The molecule has 1 N–H and O–H groups in total. The molecule has 0 aliphatic heterocycles. The van der Waals surface area contributed by atoms with Gasteiger partial charge < -0.3 is 9.47 Å². The summed E-state index contributed by atoms with van der Waals surface area (Å²) in [6.07, 6.45) is 0. The van der Waals surface area contributed by atoms with Gasteiger partial charge in [-0.2, -0.15) is 8.78 Å². The molecule has 1 aromatic heterocycles. The molecule has 0 aliphatic carbocycles. The summed E-state index contributed by atoms with van der Waals surface area (Å²) >= 11 is 1.30. The fraction of sp³-hybridized carbons (Fsp3) is 0.200. The zero-order valence-electron chi connectivity index (χ0n) is 15.5. The van der Waals surface area contributed by atoms with Crippen molar-refractivity contribution in [3.8, 4) is 22.8 Å². The number of benzene rings is 2. The van der Waals surface area contributed by atoms with Gasteiger partial charge in [-0.25, -0.2) is 4.98 Å². The normalized spacial score (nSPS) is 10.8. The first-order chi connectivity index (χ1) is 13.4. The maximum absolute atomic E-state index is 12.5. The van der Waals surface area contributed by atoms with Crippen LogP contribution in [0.1, 0.15) is 21.5 Å². The van der Waals surface area contributed by atoms with E-state index in [0.29, 0.717) is 5.13 Å². The molecule has 3 aromatic rings.